The van der Waals surface area contributed by atoms with E-state index in [2.05, 4.69) is 4.98 Å². The number of ether oxygens (including phenoxy) is 1. The summed E-state index contributed by atoms with van der Waals surface area (Å²) in [4.78, 5) is 16.3. The van der Waals surface area contributed by atoms with Crippen LogP contribution in [0.5, 0.6) is 0 Å². The van der Waals surface area contributed by atoms with Crippen LogP contribution in [0.2, 0.25) is 0 Å². The van der Waals surface area contributed by atoms with Crippen molar-refractivity contribution in [3.05, 3.63) is 59.1 Å². The fourth-order valence-corrected chi connectivity index (χ4v) is 4.66. The Morgan fingerprint density at radius 1 is 1.15 bits per heavy atom. The van der Waals surface area contributed by atoms with Crippen molar-refractivity contribution in [2.24, 2.45) is 0 Å². The highest BCUT2D eigenvalue weighted by Gasteiger charge is 2.22. The van der Waals surface area contributed by atoms with Crippen LogP contribution in [0.4, 0.5) is 0 Å². The second-order valence-electron chi connectivity index (χ2n) is 5.58. The third-order valence-corrected chi connectivity index (χ3v) is 6.61. The molecular formula is C18H18N2O4S2. The van der Waals surface area contributed by atoms with Crippen LogP contribution in [0.25, 0.3) is 10.2 Å². The van der Waals surface area contributed by atoms with E-state index in [1.54, 1.807) is 6.92 Å². The van der Waals surface area contributed by atoms with E-state index in [4.69, 9.17) is 4.74 Å². The molecule has 0 saturated carbocycles. The van der Waals surface area contributed by atoms with Crippen molar-refractivity contribution < 1.29 is 17.9 Å². The van der Waals surface area contributed by atoms with Gasteiger partial charge in [0.25, 0.3) is 0 Å². The van der Waals surface area contributed by atoms with Crippen LogP contribution in [0.3, 0.4) is 0 Å². The summed E-state index contributed by atoms with van der Waals surface area (Å²) < 4.78 is 32.7. The average molecular weight is 390 g/mol. The molecule has 0 spiro atoms. The Hall–Kier alpha value is -2.29. The molecule has 0 saturated heterocycles. The van der Waals surface area contributed by atoms with Gasteiger partial charge in [0.05, 0.1) is 33.8 Å². The summed E-state index contributed by atoms with van der Waals surface area (Å²) in [6, 6.07) is 13.4. The van der Waals surface area contributed by atoms with Gasteiger partial charge in [-0.2, -0.15) is 4.31 Å². The minimum atomic E-state index is -3.68. The first-order valence-corrected chi connectivity index (χ1v) is 10.3. The quantitative estimate of drug-likeness (QED) is 0.604. The number of para-hydroxylation sites is 1. The molecule has 2 aromatic carbocycles. The molecule has 6 nitrogen and oxygen atoms in total. The third kappa shape index (κ3) is 3.77. The standard InChI is InChI=1S/C18H18N2O4S2/c1-3-24-18(21)13-8-10-14(11-9-13)26(22,23)20(2)12-17-19-15-6-4-5-7-16(15)25-17/h4-11H,3,12H2,1-2H3. The molecule has 1 aromatic heterocycles. The smallest absolute Gasteiger partial charge is 0.338 e. The number of nitrogens with zero attached hydrogens (tertiary/aromatic N) is 2. The number of hydrogen-bond donors (Lipinski definition) is 0. The van der Waals surface area contributed by atoms with Gasteiger partial charge in [-0.05, 0) is 43.3 Å². The number of carbonyl (C=O) groups excluding carboxylic acids is 1. The van der Waals surface area contributed by atoms with E-state index in [0.29, 0.717) is 5.56 Å². The summed E-state index contributed by atoms with van der Waals surface area (Å²) in [7, 11) is -2.17. The second kappa shape index (κ2) is 7.53. The molecular weight excluding hydrogens is 372 g/mol. The first-order valence-electron chi connectivity index (χ1n) is 8.00. The number of carbonyl (C=O) groups is 1. The van der Waals surface area contributed by atoms with Gasteiger partial charge in [0.1, 0.15) is 5.01 Å². The van der Waals surface area contributed by atoms with Crippen molar-refractivity contribution in [2.45, 2.75) is 18.4 Å². The Kier molecular flexibility index (Phi) is 5.36. The van der Waals surface area contributed by atoms with E-state index in [1.165, 1.54) is 47.0 Å². The van der Waals surface area contributed by atoms with Gasteiger partial charge in [-0.15, -0.1) is 11.3 Å². The predicted octanol–water partition coefficient (Wildman–Crippen LogP) is 3.29. The minimum Gasteiger partial charge on any atom is -0.462 e. The molecule has 0 aliphatic heterocycles. The number of hydrogen-bond acceptors (Lipinski definition) is 6. The first-order chi connectivity index (χ1) is 12.4. The number of sulfonamides is 1. The molecule has 8 heteroatoms. The van der Waals surface area contributed by atoms with Gasteiger partial charge in [0.2, 0.25) is 10.0 Å². The van der Waals surface area contributed by atoms with Gasteiger partial charge in [-0.25, -0.2) is 18.2 Å². The Morgan fingerprint density at radius 3 is 2.50 bits per heavy atom. The van der Waals surface area contributed by atoms with E-state index in [9.17, 15) is 13.2 Å². The highest BCUT2D eigenvalue weighted by Crippen LogP contribution is 2.24. The van der Waals surface area contributed by atoms with Crippen molar-refractivity contribution >= 4 is 37.5 Å². The van der Waals surface area contributed by atoms with E-state index in [0.717, 1.165) is 15.2 Å². The number of benzene rings is 2. The lowest BCUT2D eigenvalue weighted by atomic mass is 10.2. The SMILES string of the molecule is CCOC(=O)c1ccc(S(=O)(=O)N(C)Cc2nc3ccccc3s2)cc1. The van der Waals surface area contributed by atoms with Crippen LogP contribution < -0.4 is 0 Å². The largest absolute Gasteiger partial charge is 0.462 e. The predicted molar refractivity (Wildman–Crippen MR) is 101 cm³/mol. The lowest BCUT2D eigenvalue weighted by molar-refractivity contribution is 0.0526. The van der Waals surface area contributed by atoms with Gasteiger partial charge in [0, 0.05) is 7.05 Å². The topological polar surface area (TPSA) is 76.6 Å². The maximum Gasteiger partial charge on any atom is 0.338 e. The summed E-state index contributed by atoms with van der Waals surface area (Å²) in [5.74, 6) is -0.473. The normalized spacial score (nSPS) is 11.8. The molecule has 0 fully saturated rings. The van der Waals surface area contributed by atoms with Crippen molar-refractivity contribution in [1.82, 2.24) is 9.29 Å². The zero-order valence-electron chi connectivity index (χ0n) is 14.4. The van der Waals surface area contributed by atoms with Crippen LogP contribution in [0.15, 0.2) is 53.4 Å². The van der Waals surface area contributed by atoms with Crippen molar-refractivity contribution in [1.29, 1.82) is 0 Å². The molecule has 3 aromatic rings. The Bertz CT molecular complexity index is 994. The lowest BCUT2D eigenvalue weighted by Gasteiger charge is -2.16. The van der Waals surface area contributed by atoms with Crippen LogP contribution >= 0.6 is 11.3 Å². The molecule has 0 aliphatic rings. The molecule has 0 amide bonds. The molecule has 3 rings (SSSR count). The lowest BCUT2D eigenvalue weighted by Crippen LogP contribution is -2.26. The average Bonchev–Trinajstić information content (AvgIpc) is 3.04. The Balaban J connectivity index is 1.79. The van der Waals surface area contributed by atoms with E-state index < -0.39 is 16.0 Å². The molecule has 136 valence electrons. The van der Waals surface area contributed by atoms with Crippen molar-refractivity contribution in [3.8, 4) is 0 Å². The van der Waals surface area contributed by atoms with Crippen LogP contribution in [0, 0.1) is 0 Å². The fraction of sp³-hybridized carbons (Fsp3) is 0.222. The van der Waals surface area contributed by atoms with Gasteiger partial charge >= 0.3 is 5.97 Å². The molecule has 1 heterocycles. The highest BCUT2D eigenvalue weighted by molar-refractivity contribution is 7.89. The summed E-state index contributed by atoms with van der Waals surface area (Å²) in [5, 5.41) is 0.723. The van der Waals surface area contributed by atoms with Gasteiger partial charge in [-0.3, -0.25) is 0 Å². The molecule has 0 unspecified atom stereocenters. The first kappa shape index (κ1) is 18.5. The number of thiazole rings is 1. The molecule has 0 radical (unpaired) electrons. The van der Waals surface area contributed by atoms with Gasteiger partial charge in [-0.1, -0.05) is 12.1 Å². The molecule has 0 bridgehead atoms. The van der Waals surface area contributed by atoms with Crippen molar-refractivity contribution in [3.63, 3.8) is 0 Å². The number of fused-ring (bicyclic) bond motifs is 1. The Morgan fingerprint density at radius 2 is 1.85 bits per heavy atom. The zero-order valence-corrected chi connectivity index (χ0v) is 16.0. The molecule has 0 N–H and O–H groups in total. The maximum absolute atomic E-state index is 12.7. The number of aromatic nitrogens is 1. The van der Waals surface area contributed by atoms with Crippen molar-refractivity contribution in [2.75, 3.05) is 13.7 Å². The van der Waals surface area contributed by atoms with Crippen LogP contribution in [-0.2, 0) is 21.3 Å². The molecule has 0 atom stereocenters. The summed E-state index contributed by atoms with van der Waals surface area (Å²) >= 11 is 1.47. The van der Waals surface area contributed by atoms with E-state index >= 15 is 0 Å². The number of rotatable bonds is 6. The fourth-order valence-electron chi connectivity index (χ4n) is 2.42. The monoisotopic (exact) mass is 390 g/mol. The molecule has 26 heavy (non-hydrogen) atoms. The van der Waals surface area contributed by atoms with Gasteiger partial charge in [0.15, 0.2) is 0 Å². The molecule has 0 aliphatic carbocycles. The van der Waals surface area contributed by atoms with E-state index in [1.807, 2.05) is 24.3 Å². The summed E-state index contributed by atoms with van der Waals surface area (Å²) in [6.45, 7) is 2.17. The Labute approximate surface area is 156 Å². The van der Waals surface area contributed by atoms with Crippen LogP contribution in [0.1, 0.15) is 22.3 Å². The summed E-state index contributed by atoms with van der Waals surface area (Å²) in [5.41, 5.74) is 1.18. The minimum absolute atomic E-state index is 0.120. The zero-order chi connectivity index (χ0) is 18.7. The summed E-state index contributed by atoms with van der Waals surface area (Å²) in [6.07, 6.45) is 0. The second-order valence-corrected chi connectivity index (χ2v) is 8.74. The van der Waals surface area contributed by atoms with Gasteiger partial charge < -0.3 is 4.74 Å². The highest BCUT2D eigenvalue weighted by atomic mass is 32.2. The van der Waals surface area contributed by atoms with Crippen LogP contribution in [-0.4, -0.2) is 37.3 Å². The third-order valence-electron chi connectivity index (χ3n) is 3.77. The maximum atomic E-state index is 12.7. The van der Waals surface area contributed by atoms with E-state index in [-0.39, 0.29) is 18.0 Å². The number of esters is 1.